The van der Waals surface area contributed by atoms with Gasteiger partial charge in [-0.1, -0.05) is 29.5 Å². The SMILES string of the molecule is C[Si](C)(C)n1nnc(C2C=CC=C2)n1. The summed E-state index contributed by atoms with van der Waals surface area (Å²) in [5.41, 5.74) is 0. The molecule has 0 unspecified atom stereocenters. The van der Waals surface area contributed by atoms with Crippen molar-refractivity contribution >= 4 is 8.24 Å². The summed E-state index contributed by atoms with van der Waals surface area (Å²) in [6.45, 7) is 6.58. The van der Waals surface area contributed by atoms with Crippen LogP contribution in [0.3, 0.4) is 0 Å². The van der Waals surface area contributed by atoms with E-state index in [0.717, 1.165) is 5.82 Å². The molecule has 0 aliphatic heterocycles. The van der Waals surface area contributed by atoms with E-state index in [1.807, 2.05) is 12.2 Å². The number of hydrogen-bond acceptors (Lipinski definition) is 3. The number of allylic oxidation sites excluding steroid dienone is 4. The Kier molecular flexibility index (Phi) is 2.11. The molecule has 0 spiro atoms. The van der Waals surface area contributed by atoms with Gasteiger partial charge in [0.2, 0.25) is 8.24 Å². The third kappa shape index (κ3) is 1.67. The van der Waals surface area contributed by atoms with Crippen molar-refractivity contribution in [3.8, 4) is 0 Å². The summed E-state index contributed by atoms with van der Waals surface area (Å²) in [4.78, 5) is 0. The summed E-state index contributed by atoms with van der Waals surface area (Å²) < 4.78 is 1.79. The van der Waals surface area contributed by atoms with E-state index in [4.69, 9.17) is 0 Å². The smallest absolute Gasteiger partial charge is 0.201 e. The summed E-state index contributed by atoms with van der Waals surface area (Å²) in [5.74, 6) is 1.03. The predicted molar refractivity (Wildman–Crippen MR) is 57.6 cm³/mol. The highest BCUT2D eigenvalue weighted by Gasteiger charge is 2.22. The minimum atomic E-state index is -1.48. The first-order valence-corrected chi connectivity index (χ1v) is 8.17. The molecule has 74 valence electrons. The van der Waals surface area contributed by atoms with Crippen LogP contribution in [0.1, 0.15) is 11.7 Å². The van der Waals surface area contributed by atoms with Gasteiger partial charge in [0.05, 0.1) is 5.92 Å². The monoisotopic (exact) mass is 206 g/mol. The van der Waals surface area contributed by atoms with E-state index < -0.39 is 8.24 Å². The van der Waals surface area contributed by atoms with E-state index >= 15 is 0 Å². The summed E-state index contributed by atoms with van der Waals surface area (Å²) in [7, 11) is -1.48. The molecular weight excluding hydrogens is 192 g/mol. The highest BCUT2D eigenvalue weighted by atomic mass is 28.3. The van der Waals surface area contributed by atoms with Gasteiger partial charge in [0, 0.05) is 0 Å². The fourth-order valence-corrected chi connectivity index (χ4v) is 1.96. The van der Waals surface area contributed by atoms with Gasteiger partial charge in [0.25, 0.3) is 0 Å². The number of rotatable bonds is 2. The maximum atomic E-state index is 4.42. The molecule has 14 heavy (non-hydrogen) atoms. The van der Waals surface area contributed by atoms with Gasteiger partial charge in [0.1, 0.15) is 0 Å². The highest BCUT2D eigenvalue weighted by molar-refractivity contribution is 6.73. The van der Waals surface area contributed by atoms with Gasteiger partial charge < -0.3 is 0 Å². The van der Waals surface area contributed by atoms with Crippen LogP contribution in [-0.4, -0.2) is 28.1 Å². The summed E-state index contributed by atoms with van der Waals surface area (Å²) in [6, 6.07) is 0. The average molecular weight is 206 g/mol. The molecule has 1 aromatic heterocycles. The van der Waals surface area contributed by atoms with E-state index in [9.17, 15) is 0 Å². The molecule has 4 nitrogen and oxygen atoms in total. The fourth-order valence-electron chi connectivity index (χ4n) is 1.25. The van der Waals surface area contributed by atoms with E-state index in [1.165, 1.54) is 0 Å². The Hall–Kier alpha value is -1.23. The maximum Gasteiger partial charge on any atom is 0.204 e. The number of aromatic nitrogens is 4. The Labute approximate surface area is 84.4 Å². The first-order valence-electron chi connectivity index (χ1n) is 4.73. The van der Waals surface area contributed by atoms with Crippen LogP contribution in [0.4, 0.5) is 0 Å². The second-order valence-corrected chi connectivity index (χ2v) is 9.15. The average Bonchev–Trinajstić information content (AvgIpc) is 2.73. The molecule has 0 aromatic carbocycles. The van der Waals surface area contributed by atoms with Gasteiger partial charge in [-0.25, -0.2) is 4.46 Å². The molecule has 0 saturated carbocycles. The summed E-state index contributed by atoms with van der Waals surface area (Å²) in [6.07, 6.45) is 8.18. The van der Waals surface area contributed by atoms with Crippen LogP contribution in [0.2, 0.25) is 19.6 Å². The number of nitrogens with zero attached hydrogens (tertiary/aromatic N) is 4. The Morgan fingerprint density at radius 2 is 1.86 bits per heavy atom. The molecule has 1 aliphatic carbocycles. The van der Waals surface area contributed by atoms with Crippen molar-refractivity contribution in [1.29, 1.82) is 0 Å². The van der Waals surface area contributed by atoms with Crippen LogP contribution in [0, 0.1) is 0 Å². The van der Waals surface area contributed by atoms with Gasteiger partial charge in [-0.3, -0.25) is 0 Å². The van der Waals surface area contributed by atoms with Crippen molar-refractivity contribution in [2.24, 2.45) is 0 Å². The van der Waals surface area contributed by atoms with Gasteiger partial charge in [0.15, 0.2) is 5.82 Å². The molecular formula is C9H14N4Si. The van der Waals surface area contributed by atoms with Crippen molar-refractivity contribution in [1.82, 2.24) is 19.9 Å². The molecule has 0 fully saturated rings. The first kappa shape index (κ1) is 9.33. The van der Waals surface area contributed by atoms with Crippen molar-refractivity contribution in [3.63, 3.8) is 0 Å². The topological polar surface area (TPSA) is 43.6 Å². The fraction of sp³-hybridized carbons (Fsp3) is 0.444. The van der Waals surface area contributed by atoms with Gasteiger partial charge >= 0.3 is 0 Å². The van der Waals surface area contributed by atoms with Crippen LogP contribution in [0.25, 0.3) is 0 Å². The molecule has 0 atom stereocenters. The zero-order valence-electron chi connectivity index (χ0n) is 8.68. The van der Waals surface area contributed by atoms with Crippen molar-refractivity contribution < 1.29 is 0 Å². The van der Waals surface area contributed by atoms with Gasteiger partial charge in [-0.05, 0) is 19.6 Å². The van der Waals surface area contributed by atoms with Crippen molar-refractivity contribution in [3.05, 3.63) is 30.1 Å². The molecule has 5 heteroatoms. The van der Waals surface area contributed by atoms with E-state index in [2.05, 4.69) is 47.2 Å². The lowest BCUT2D eigenvalue weighted by molar-refractivity contribution is 0.761. The van der Waals surface area contributed by atoms with Crippen LogP contribution >= 0.6 is 0 Å². The minimum absolute atomic E-state index is 0.222. The van der Waals surface area contributed by atoms with E-state index in [1.54, 1.807) is 4.46 Å². The van der Waals surface area contributed by atoms with Crippen molar-refractivity contribution in [2.45, 2.75) is 25.6 Å². The highest BCUT2D eigenvalue weighted by Crippen LogP contribution is 2.18. The largest absolute Gasteiger partial charge is 0.204 e. The Morgan fingerprint density at radius 3 is 2.36 bits per heavy atom. The molecule has 1 aliphatic rings. The summed E-state index contributed by atoms with van der Waals surface area (Å²) in [5, 5.41) is 12.6. The zero-order chi connectivity index (χ0) is 10.2. The second kappa shape index (κ2) is 3.16. The van der Waals surface area contributed by atoms with Crippen LogP contribution in [-0.2, 0) is 0 Å². The molecule has 0 radical (unpaired) electrons. The molecule has 1 aromatic rings. The number of tetrazole rings is 1. The summed E-state index contributed by atoms with van der Waals surface area (Å²) >= 11 is 0. The Morgan fingerprint density at radius 1 is 1.21 bits per heavy atom. The minimum Gasteiger partial charge on any atom is -0.201 e. The molecule has 1 heterocycles. The lowest BCUT2D eigenvalue weighted by atomic mass is 10.2. The quantitative estimate of drug-likeness (QED) is 0.690. The predicted octanol–water partition coefficient (Wildman–Crippen LogP) is 1.57. The molecule has 2 rings (SSSR count). The molecule has 0 saturated heterocycles. The lowest BCUT2D eigenvalue weighted by Gasteiger charge is -2.12. The van der Waals surface area contributed by atoms with E-state index in [-0.39, 0.29) is 5.92 Å². The van der Waals surface area contributed by atoms with Gasteiger partial charge in [-0.2, -0.15) is 0 Å². The molecule has 0 amide bonds. The molecule has 0 N–H and O–H groups in total. The third-order valence-electron chi connectivity index (χ3n) is 2.08. The van der Waals surface area contributed by atoms with Gasteiger partial charge in [-0.15, -0.1) is 10.2 Å². The van der Waals surface area contributed by atoms with Crippen LogP contribution < -0.4 is 0 Å². The lowest BCUT2D eigenvalue weighted by Crippen LogP contribution is -2.34. The van der Waals surface area contributed by atoms with E-state index in [0.29, 0.717) is 0 Å². The Balaban J connectivity index is 2.26. The third-order valence-corrected chi connectivity index (χ3v) is 3.46. The normalized spacial score (nSPS) is 16.8. The first-order chi connectivity index (χ1) is 6.57. The zero-order valence-corrected chi connectivity index (χ0v) is 9.68. The molecule has 0 bridgehead atoms. The van der Waals surface area contributed by atoms with Crippen molar-refractivity contribution in [2.75, 3.05) is 0 Å². The number of hydrogen-bond donors (Lipinski definition) is 0. The second-order valence-electron chi connectivity index (χ2n) is 4.40. The van der Waals surface area contributed by atoms with Crippen LogP contribution in [0.5, 0.6) is 0 Å². The maximum absolute atomic E-state index is 4.42. The van der Waals surface area contributed by atoms with Crippen LogP contribution in [0.15, 0.2) is 24.3 Å². The Bertz CT molecular complexity index is 374. The standard InChI is InChI=1S/C9H14N4Si/c1-14(2,3)13-11-9(10-12-13)8-6-4-5-7-8/h4-8H,1-3H3.